The second-order valence-corrected chi connectivity index (χ2v) is 8.57. The molecular formula is C19H22F3N5O5S. The molecule has 0 spiro atoms. The number of rotatable bonds is 10. The number of nitrogens with zero attached hydrogens (tertiary/aromatic N) is 1. The summed E-state index contributed by atoms with van der Waals surface area (Å²) in [4.78, 5) is 22.0. The van der Waals surface area contributed by atoms with E-state index < -0.39 is 38.4 Å². The van der Waals surface area contributed by atoms with Crippen LogP contribution in [0.2, 0.25) is 0 Å². The van der Waals surface area contributed by atoms with Crippen LogP contribution in [0.25, 0.3) is 0 Å². The minimum Gasteiger partial charge on any atom is -0.378 e. The summed E-state index contributed by atoms with van der Waals surface area (Å²) in [6.45, 7) is 1.76. The van der Waals surface area contributed by atoms with Gasteiger partial charge in [0.15, 0.2) is 0 Å². The zero-order valence-corrected chi connectivity index (χ0v) is 18.2. The van der Waals surface area contributed by atoms with Crippen molar-refractivity contribution < 1.29 is 31.3 Å². The lowest BCUT2D eigenvalue weighted by Gasteiger charge is -2.12. The van der Waals surface area contributed by atoms with Gasteiger partial charge in [-0.3, -0.25) is 10.1 Å². The normalized spacial score (nSPS) is 11.6. The number of nitrogens with one attached hydrogen (secondary N) is 4. The van der Waals surface area contributed by atoms with Gasteiger partial charge in [0, 0.05) is 32.2 Å². The number of hydrogen-bond donors (Lipinski definition) is 4. The number of halogens is 3. The van der Waals surface area contributed by atoms with Crippen molar-refractivity contribution in [1.29, 1.82) is 0 Å². The molecular weight excluding hydrogens is 467 g/mol. The van der Waals surface area contributed by atoms with E-state index in [9.17, 15) is 36.5 Å². The van der Waals surface area contributed by atoms with Crippen molar-refractivity contribution in [3.05, 3.63) is 63.7 Å². The first-order valence-corrected chi connectivity index (χ1v) is 11.1. The number of anilines is 1. The van der Waals surface area contributed by atoms with Gasteiger partial charge in [-0.1, -0.05) is 17.7 Å². The Hall–Kier alpha value is -3.39. The molecule has 2 amide bonds. The second kappa shape index (κ2) is 11.0. The topological polar surface area (TPSA) is 142 Å². The highest BCUT2D eigenvalue weighted by Crippen LogP contribution is 2.34. The van der Waals surface area contributed by atoms with E-state index in [-0.39, 0.29) is 36.8 Å². The number of aryl methyl sites for hydroxylation is 1. The molecule has 0 aliphatic heterocycles. The van der Waals surface area contributed by atoms with Crippen LogP contribution in [0.1, 0.15) is 11.1 Å². The van der Waals surface area contributed by atoms with E-state index in [0.29, 0.717) is 12.1 Å². The van der Waals surface area contributed by atoms with Crippen LogP contribution >= 0.6 is 0 Å². The van der Waals surface area contributed by atoms with Gasteiger partial charge in [-0.2, -0.15) is 13.2 Å². The number of urea groups is 1. The molecule has 2 aromatic carbocycles. The molecule has 180 valence electrons. The number of nitro groups is 1. The van der Waals surface area contributed by atoms with Gasteiger partial charge in [-0.05, 0) is 31.2 Å². The highest BCUT2D eigenvalue weighted by atomic mass is 32.2. The van der Waals surface area contributed by atoms with E-state index in [1.165, 1.54) is 12.1 Å². The summed E-state index contributed by atoms with van der Waals surface area (Å²) < 4.78 is 64.7. The fraction of sp³-hybridized carbons (Fsp3) is 0.316. The largest absolute Gasteiger partial charge is 0.416 e. The number of alkyl halides is 3. The minimum atomic E-state index is -4.71. The van der Waals surface area contributed by atoms with E-state index in [4.69, 9.17) is 0 Å². The average Bonchev–Trinajstić information content (AvgIpc) is 2.74. The maximum atomic E-state index is 12.7. The van der Waals surface area contributed by atoms with Crippen LogP contribution in [0.5, 0.6) is 0 Å². The summed E-state index contributed by atoms with van der Waals surface area (Å²) in [6.07, 6.45) is -4.71. The molecule has 2 rings (SSSR count). The van der Waals surface area contributed by atoms with Crippen LogP contribution in [-0.2, 0) is 16.2 Å². The molecule has 0 unspecified atom stereocenters. The summed E-state index contributed by atoms with van der Waals surface area (Å²) in [7, 11) is -3.71. The van der Waals surface area contributed by atoms with E-state index in [0.717, 1.165) is 11.6 Å². The van der Waals surface area contributed by atoms with E-state index in [1.807, 2.05) is 6.92 Å². The molecule has 0 aliphatic carbocycles. The van der Waals surface area contributed by atoms with Crippen molar-refractivity contribution in [2.45, 2.75) is 18.0 Å². The van der Waals surface area contributed by atoms with E-state index in [2.05, 4.69) is 20.7 Å². The molecule has 4 N–H and O–H groups in total. The quantitative estimate of drug-likeness (QED) is 0.230. The Morgan fingerprint density at radius 2 is 1.61 bits per heavy atom. The monoisotopic (exact) mass is 489 g/mol. The van der Waals surface area contributed by atoms with E-state index in [1.54, 1.807) is 12.1 Å². The molecule has 0 heterocycles. The SMILES string of the molecule is Cc1ccc(S(=O)(=O)NCCNC(=O)NCCNc2ccc(C(F)(F)F)cc2[N+](=O)[O-])cc1. The summed E-state index contributed by atoms with van der Waals surface area (Å²) in [6, 6.07) is 7.72. The first-order chi connectivity index (χ1) is 15.4. The first kappa shape index (κ1) is 25.9. The predicted octanol–water partition coefficient (Wildman–Crippen LogP) is 2.61. The third-order valence-corrected chi connectivity index (χ3v) is 5.76. The van der Waals surface area contributed by atoms with Gasteiger partial charge < -0.3 is 16.0 Å². The minimum absolute atomic E-state index is 0.000320. The molecule has 0 saturated heterocycles. The second-order valence-electron chi connectivity index (χ2n) is 6.81. The maximum absolute atomic E-state index is 12.7. The van der Waals surface area contributed by atoms with Crippen molar-refractivity contribution in [3.8, 4) is 0 Å². The molecule has 14 heteroatoms. The van der Waals surface area contributed by atoms with Crippen LogP contribution in [0, 0.1) is 17.0 Å². The van der Waals surface area contributed by atoms with Crippen LogP contribution in [0.4, 0.5) is 29.3 Å². The Bertz CT molecular complexity index is 1090. The third kappa shape index (κ3) is 7.91. The molecule has 0 fully saturated rings. The Kier molecular flexibility index (Phi) is 8.59. The molecule has 0 radical (unpaired) electrons. The fourth-order valence-electron chi connectivity index (χ4n) is 2.61. The molecule has 0 aliphatic rings. The molecule has 33 heavy (non-hydrogen) atoms. The summed E-state index contributed by atoms with van der Waals surface area (Å²) in [5.74, 6) is 0. The molecule has 10 nitrogen and oxygen atoms in total. The standard InChI is InChI=1S/C19H22F3N5O5S/c1-13-2-5-15(6-3-13)33(31,32)26-11-10-25-18(28)24-9-8-23-16-7-4-14(19(20,21)22)12-17(16)27(29)30/h2-7,12,23,26H,8-11H2,1H3,(H2,24,25,28). The fourth-order valence-corrected chi connectivity index (χ4v) is 3.64. The first-order valence-electron chi connectivity index (χ1n) is 9.58. The van der Waals surface area contributed by atoms with E-state index >= 15 is 0 Å². The van der Waals surface area contributed by atoms with Crippen molar-refractivity contribution in [2.24, 2.45) is 0 Å². The third-order valence-electron chi connectivity index (χ3n) is 4.28. The number of benzene rings is 2. The Labute approximate surface area is 187 Å². The molecule has 0 bridgehead atoms. The lowest BCUT2D eigenvalue weighted by atomic mass is 10.1. The zero-order valence-electron chi connectivity index (χ0n) is 17.4. The molecule has 0 saturated carbocycles. The highest BCUT2D eigenvalue weighted by Gasteiger charge is 2.33. The molecule has 0 atom stereocenters. The number of sulfonamides is 1. The van der Waals surface area contributed by atoms with Gasteiger partial charge in [0.05, 0.1) is 15.4 Å². The van der Waals surface area contributed by atoms with Gasteiger partial charge in [0.2, 0.25) is 10.0 Å². The van der Waals surface area contributed by atoms with Crippen LogP contribution < -0.4 is 20.7 Å². The Morgan fingerprint density at radius 1 is 1.00 bits per heavy atom. The zero-order chi connectivity index (χ0) is 24.6. The Balaban J connectivity index is 1.73. The smallest absolute Gasteiger partial charge is 0.378 e. The number of amides is 2. The number of carbonyl (C=O) groups is 1. The van der Waals surface area contributed by atoms with Crippen LogP contribution in [0.3, 0.4) is 0 Å². The summed E-state index contributed by atoms with van der Waals surface area (Å²) in [5, 5.41) is 18.5. The van der Waals surface area contributed by atoms with Crippen LogP contribution in [-0.4, -0.2) is 45.6 Å². The van der Waals surface area contributed by atoms with Gasteiger partial charge >= 0.3 is 12.2 Å². The summed E-state index contributed by atoms with van der Waals surface area (Å²) >= 11 is 0. The predicted molar refractivity (Wildman–Crippen MR) is 114 cm³/mol. The van der Waals surface area contributed by atoms with Gasteiger partial charge in [-0.15, -0.1) is 0 Å². The average molecular weight is 489 g/mol. The van der Waals surface area contributed by atoms with Crippen molar-refractivity contribution in [3.63, 3.8) is 0 Å². The van der Waals surface area contributed by atoms with Crippen molar-refractivity contribution in [1.82, 2.24) is 15.4 Å². The number of carbonyl (C=O) groups excluding carboxylic acids is 1. The Morgan fingerprint density at radius 3 is 2.18 bits per heavy atom. The van der Waals surface area contributed by atoms with Crippen molar-refractivity contribution in [2.75, 3.05) is 31.5 Å². The number of nitro benzene ring substituents is 1. The van der Waals surface area contributed by atoms with Crippen LogP contribution in [0.15, 0.2) is 47.4 Å². The number of hydrogen-bond acceptors (Lipinski definition) is 6. The molecule has 2 aromatic rings. The van der Waals surface area contributed by atoms with Gasteiger partial charge in [-0.25, -0.2) is 17.9 Å². The van der Waals surface area contributed by atoms with Gasteiger partial charge in [0.25, 0.3) is 5.69 Å². The lowest BCUT2D eigenvalue weighted by Crippen LogP contribution is -2.41. The highest BCUT2D eigenvalue weighted by molar-refractivity contribution is 7.89. The lowest BCUT2D eigenvalue weighted by molar-refractivity contribution is -0.384. The maximum Gasteiger partial charge on any atom is 0.416 e. The molecule has 0 aromatic heterocycles. The van der Waals surface area contributed by atoms with Gasteiger partial charge in [0.1, 0.15) is 5.69 Å². The van der Waals surface area contributed by atoms with Crippen molar-refractivity contribution >= 4 is 27.4 Å². The summed E-state index contributed by atoms with van der Waals surface area (Å²) in [5.41, 5.74) is -1.10.